The van der Waals surface area contributed by atoms with Crippen LogP contribution in [0, 0.1) is 16.7 Å². The number of hydrogen-bond acceptors (Lipinski definition) is 11. The number of ether oxygens (including phenoxy) is 7. The molecule has 10 nitrogen and oxygen atoms in total. The zero-order valence-electron chi connectivity index (χ0n) is 22.6. The third kappa shape index (κ3) is 5.83. The zero-order valence-corrected chi connectivity index (χ0v) is 23.4. The van der Waals surface area contributed by atoms with Crippen molar-refractivity contribution in [1.82, 2.24) is 0 Å². The van der Waals surface area contributed by atoms with E-state index in [-0.39, 0.29) is 25.1 Å². The molecule has 3 aliphatic rings. The highest BCUT2D eigenvalue weighted by Crippen LogP contribution is 2.60. The summed E-state index contributed by atoms with van der Waals surface area (Å²) >= 11 is 5.35. The number of rotatable bonds is 9. The predicted octanol–water partition coefficient (Wildman–Crippen LogP) is 3.65. The molecule has 3 aliphatic heterocycles. The molecule has 39 heavy (non-hydrogen) atoms. The van der Waals surface area contributed by atoms with E-state index in [4.69, 9.17) is 45.4 Å². The van der Waals surface area contributed by atoms with Crippen molar-refractivity contribution >= 4 is 29.4 Å². The molecule has 11 heteroatoms. The van der Waals surface area contributed by atoms with E-state index in [9.17, 15) is 14.7 Å². The first kappa shape index (κ1) is 29.4. The molecular weight excluding hydrogens is 528 g/mol. The second-order valence-electron chi connectivity index (χ2n) is 10.8. The van der Waals surface area contributed by atoms with Gasteiger partial charge in [0.25, 0.3) is 0 Å². The third-order valence-electron chi connectivity index (χ3n) is 8.00. The van der Waals surface area contributed by atoms with Gasteiger partial charge in [0, 0.05) is 17.6 Å². The molecular formula is C28H36O10S. The summed E-state index contributed by atoms with van der Waals surface area (Å²) in [4.78, 5) is 25.7. The summed E-state index contributed by atoms with van der Waals surface area (Å²) in [5, 5.41) is 10.6. The highest BCUT2D eigenvalue weighted by Gasteiger charge is 2.71. The number of benzene rings is 1. The van der Waals surface area contributed by atoms with Gasteiger partial charge < -0.3 is 38.3 Å². The zero-order chi connectivity index (χ0) is 28.4. The molecule has 0 aliphatic carbocycles. The number of carbonyl (C=O) groups is 2. The van der Waals surface area contributed by atoms with Gasteiger partial charge in [0.1, 0.15) is 18.0 Å². The number of para-hydroxylation sites is 1. The van der Waals surface area contributed by atoms with E-state index >= 15 is 0 Å². The lowest BCUT2D eigenvalue weighted by Gasteiger charge is -2.49. The molecule has 0 saturated carbocycles. The average molecular weight is 565 g/mol. The largest absolute Gasteiger partial charge is 0.464 e. The Labute approximate surface area is 233 Å². The summed E-state index contributed by atoms with van der Waals surface area (Å²) in [5.74, 6) is -1.35. The van der Waals surface area contributed by atoms with Crippen molar-refractivity contribution in [3.63, 3.8) is 0 Å². The molecule has 214 valence electrons. The van der Waals surface area contributed by atoms with Crippen molar-refractivity contribution in [1.29, 1.82) is 0 Å². The van der Waals surface area contributed by atoms with E-state index in [1.54, 1.807) is 45.0 Å². The summed E-state index contributed by atoms with van der Waals surface area (Å²) in [6.45, 7) is 10.9. The maximum Gasteiger partial charge on any atom is 0.360 e. The Hall–Kier alpha value is -2.57. The summed E-state index contributed by atoms with van der Waals surface area (Å²) in [5.41, 5.74) is -1.35. The molecule has 3 heterocycles. The first-order valence-corrected chi connectivity index (χ1v) is 13.4. The molecule has 0 bridgehead atoms. The number of esters is 2. The molecule has 5 unspecified atom stereocenters. The van der Waals surface area contributed by atoms with Crippen LogP contribution in [0.2, 0.25) is 0 Å². The van der Waals surface area contributed by atoms with Crippen LogP contribution in [0.15, 0.2) is 42.5 Å². The molecule has 0 aromatic heterocycles. The van der Waals surface area contributed by atoms with Gasteiger partial charge in [-0.1, -0.05) is 30.7 Å². The number of thiocarbonyl (C=S) groups is 1. The third-order valence-corrected chi connectivity index (χ3v) is 8.18. The molecule has 1 aromatic rings. The average Bonchev–Trinajstić information content (AvgIpc) is 3.27. The van der Waals surface area contributed by atoms with Crippen LogP contribution in [-0.4, -0.2) is 66.6 Å². The highest BCUT2D eigenvalue weighted by atomic mass is 32.1. The van der Waals surface area contributed by atoms with Crippen molar-refractivity contribution in [2.45, 2.75) is 77.8 Å². The van der Waals surface area contributed by atoms with Crippen LogP contribution in [0.3, 0.4) is 0 Å². The molecule has 0 spiro atoms. The lowest BCUT2D eigenvalue weighted by molar-refractivity contribution is -0.347. The molecule has 0 amide bonds. The van der Waals surface area contributed by atoms with Gasteiger partial charge in [-0.3, -0.25) is 4.79 Å². The number of allylic oxidation sites excluding steroid dienone is 1. The summed E-state index contributed by atoms with van der Waals surface area (Å²) in [6.07, 6.45) is -3.77. The number of fused-ring (bicyclic) bond motifs is 1. The van der Waals surface area contributed by atoms with Crippen LogP contribution < -0.4 is 4.74 Å². The summed E-state index contributed by atoms with van der Waals surface area (Å²) in [7, 11) is 0. The summed E-state index contributed by atoms with van der Waals surface area (Å²) in [6, 6.07) is 8.89. The molecule has 3 fully saturated rings. The lowest BCUT2D eigenvalue weighted by Crippen LogP contribution is -2.59. The number of hydrogen-bond donors (Lipinski definition) is 1. The van der Waals surface area contributed by atoms with E-state index in [1.165, 1.54) is 0 Å². The van der Waals surface area contributed by atoms with Gasteiger partial charge in [-0.15, -0.1) is 6.58 Å². The first-order chi connectivity index (χ1) is 18.5. The van der Waals surface area contributed by atoms with Crippen LogP contribution in [0.5, 0.6) is 5.75 Å². The predicted molar refractivity (Wildman–Crippen MR) is 141 cm³/mol. The normalized spacial score (nSPS) is 35.6. The minimum Gasteiger partial charge on any atom is -0.464 e. The van der Waals surface area contributed by atoms with E-state index in [0.29, 0.717) is 18.6 Å². The van der Waals surface area contributed by atoms with E-state index in [1.807, 2.05) is 13.0 Å². The smallest absolute Gasteiger partial charge is 0.360 e. The fourth-order valence-corrected chi connectivity index (χ4v) is 5.56. The Kier molecular flexibility index (Phi) is 8.97. The minimum absolute atomic E-state index is 0.0433. The van der Waals surface area contributed by atoms with Crippen LogP contribution >= 0.6 is 12.2 Å². The second kappa shape index (κ2) is 11.9. The molecule has 4 rings (SSSR count). The van der Waals surface area contributed by atoms with Gasteiger partial charge >= 0.3 is 17.2 Å². The number of aliphatic hydroxyl groups excluding tert-OH is 1. The molecule has 3 saturated heterocycles. The van der Waals surface area contributed by atoms with Gasteiger partial charge in [-0.25, -0.2) is 4.79 Å². The minimum atomic E-state index is -1.17. The van der Waals surface area contributed by atoms with Crippen LogP contribution in [0.1, 0.15) is 47.0 Å². The van der Waals surface area contributed by atoms with Crippen molar-refractivity contribution in [3.8, 4) is 5.75 Å². The molecule has 8 atom stereocenters. The van der Waals surface area contributed by atoms with Gasteiger partial charge in [-0.05, 0) is 52.2 Å². The fourth-order valence-electron chi connectivity index (χ4n) is 5.38. The maximum absolute atomic E-state index is 13.4. The van der Waals surface area contributed by atoms with Crippen LogP contribution in [0.25, 0.3) is 0 Å². The van der Waals surface area contributed by atoms with Crippen molar-refractivity contribution in [2.24, 2.45) is 16.7 Å². The molecule has 1 N–H and O–H groups in total. The molecule has 1 aromatic carbocycles. The second-order valence-corrected chi connectivity index (χ2v) is 11.1. The summed E-state index contributed by atoms with van der Waals surface area (Å²) < 4.78 is 40.6. The number of aliphatic hydroxyl groups is 1. The van der Waals surface area contributed by atoms with Crippen LogP contribution in [-0.2, 0) is 38.0 Å². The Morgan fingerprint density at radius 2 is 1.95 bits per heavy atom. The van der Waals surface area contributed by atoms with Gasteiger partial charge in [0.05, 0.1) is 17.9 Å². The van der Waals surface area contributed by atoms with E-state index in [2.05, 4.69) is 6.58 Å². The molecule has 0 radical (unpaired) electrons. The number of carbonyl (C=O) groups excluding carboxylic acids is 2. The van der Waals surface area contributed by atoms with E-state index in [0.717, 1.165) is 5.57 Å². The van der Waals surface area contributed by atoms with Gasteiger partial charge in [-0.2, -0.15) is 0 Å². The van der Waals surface area contributed by atoms with Crippen LogP contribution in [0.4, 0.5) is 0 Å². The highest BCUT2D eigenvalue weighted by molar-refractivity contribution is 7.79. The van der Waals surface area contributed by atoms with Crippen molar-refractivity contribution in [2.75, 3.05) is 13.4 Å². The maximum atomic E-state index is 13.4. The quantitative estimate of drug-likeness (QED) is 0.205. The van der Waals surface area contributed by atoms with Crippen molar-refractivity contribution in [3.05, 3.63) is 42.5 Å². The lowest BCUT2D eigenvalue weighted by atomic mass is 9.60. The van der Waals surface area contributed by atoms with Crippen molar-refractivity contribution < 1.29 is 47.9 Å². The number of cyclic esters (lactones) is 1. The Morgan fingerprint density at radius 3 is 2.59 bits per heavy atom. The SMILES string of the molecule is C=C(C)CCCOC(=O)C1OC2OCO[C@H](OC(=S)Oc3ccccc3)C2(C)C1(C)CC1OC(=O)[C@@H](C)[C@H]1O. The Bertz CT molecular complexity index is 1080. The topological polar surface area (TPSA) is 119 Å². The standard InChI is InChI=1S/C28H36O10S/c1-16(2)10-9-13-32-23(31)21-27(4,14-19-20(29)17(3)22(30)36-19)28(5)24(37-21)33-15-34-25(28)38-26(39)35-18-11-7-6-8-12-18/h6-8,11-12,17,19-21,24-25,29H,1,9-10,13-15H2,2-5H3/t17-,19?,20+,21?,24?,25+,27?,28?/m0/s1. The monoisotopic (exact) mass is 564 g/mol. The first-order valence-electron chi connectivity index (χ1n) is 13.0. The van der Waals surface area contributed by atoms with Gasteiger partial charge in [0.2, 0.25) is 6.29 Å². The fraction of sp³-hybridized carbons (Fsp3) is 0.607. The van der Waals surface area contributed by atoms with Gasteiger partial charge in [0.15, 0.2) is 19.2 Å². The Balaban J connectivity index is 1.60. The Morgan fingerprint density at radius 1 is 1.23 bits per heavy atom. The van der Waals surface area contributed by atoms with E-state index < -0.39 is 59.6 Å².